The Morgan fingerprint density at radius 1 is 0.824 bits per heavy atom. The highest BCUT2D eigenvalue weighted by Crippen LogP contribution is 2.31. The molecule has 2 aliphatic heterocycles. The summed E-state index contributed by atoms with van der Waals surface area (Å²) in [6.07, 6.45) is 13.0. The number of nitrogens with zero attached hydrogens (tertiary/aromatic N) is 2. The molecule has 1 saturated heterocycles. The summed E-state index contributed by atoms with van der Waals surface area (Å²) in [6.45, 7) is 2.13. The smallest absolute Gasteiger partial charge is 0.240 e. The Kier molecular flexibility index (Phi) is 8.64. The van der Waals surface area contributed by atoms with Gasteiger partial charge in [0.2, 0.25) is 21.8 Å². The van der Waals surface area contributed by atoms with Gasteiger partial charge in [-0.25, -0.2) is 13.1 Å². The van der Waals surface area contributed by atoms with Crippen molar-refractivity contribution in [1.82, 2.24) is 9.62 Å². The molecule has 2 heterocycles. The van der Waals surface area contributed by atoms with E-state index in [2.05, 4.69) is 4.72 Å². The van der Waals surface area contributed by atoms with Gasteiger partial charge in [0.1, 0.15) is 0 Å². The highest BCUT2D eigenvalue weighted by molar-refractivity contribution is 7.89. The zero-order valence-corrected chi connectivity index (χ0v) is 21.1. The lowest BCUT2D eigenvalue weighted by Crippen LogP contribution is -2.35. The SMILES string of the molecule is O=C(CCC(=O)N1CCc2cc(S(=O)(=O)NC3CCCCCCC3)ccc21)N1CCCCCC1. The molecule has 2 amide bonds. The molecule has 3 aliphatic rings. The predicted molar refractivity (Wildman–Crippen MR) is 133 cm³/mol. The Labute approximate surface area is 204 Å². The van der Waals surface area contributed by atoms with Gasteiger partial charge in [0.05, 0.1) is 4.90 Å². The summed E-state index contributed by atoms with van der Waals surface area (Å²) in [4.78, 5) is 29.3. The lowest BCUT2D eigenvalue weighted by atomic mass is 9.97. The second-order valence-corrected chi connectivity index (χ2v) is 11.8. The maximum atomic E-state index is 13.0. The number of carbonyl (C=O) groups excluding carboxylic acids is 2. The first-order valence-electron chi connectivity index (χ1n) is 13.2. The van der Waals surface area contributed by atoms with Crippen LogP contribution in [0.25, 0.3) is 0 Å². The molecule has 0 unspecified atom stereocenters. The standard InChI is InChI=1S/C26H39N3O4S/c30-25(28-17-8-4-5-9-18-28)14-15-26(31)29-19-16-21-20-23(12-13-24(21)29)34(32,33)27-22-10-6-2-1-3-7-11-22/h12-13,20,22,27H,1-11,14-19H2. The van der Waals surface area contributed by atoms with Crippen molar-refractivity contribution in [2.45, 2.75) is 101 Å². The van der Waals surface area contributed by atoms with E-state index in [-0.39, 0.29) is 35.6 Å². The number of amides is 2. The van der Waals surface area contributed by atoms with Crippen LogP contribution in [-0.4, -0.2) is 50.8 Å². The number of carbonyl (C=O) groups is 2. The molecule has 4 rings (SSSR count). The Balaban J connectivity index is 1.35. The van der Waals surface area contributed by atoms with Crippen molar-refractivity contribution in [1.29, 1.82) is 0 Å². The lowest BCUT2D eigenvalue weighted by Gasteiger charge is -2.22. The van der Waals surface area contributed by atoms with E-state index < -0.39 is 10.0 Å². The average molecular weight is 490 g/mol. The number of likely N-dealkylation sites (tertiary alicyclic amines) is 1. The topological polar surface area (TPSA) is 86.8 Å². The fourth-order valence-electron chi connectivity index (χ4n) is 5.49. The Bertz CT molecular complexity index is 962. The van der Waals surface area contributed by atoms with Crippen LogP contribution in [0.5, 0.6) is 0 Å². The van der Waals surface area contributed by atoms with Crippen LogP contribution in [-0.2, 0) is 26.0 Å². The van der Waals surface area contributed by atoms with Crippen LogP contribution in [0.1, 0.15) is 89.0 Å². The number of fused-ring (bicyclic) bond motifs is 1. The molecule has 7 nitrogen and oxygen atoms in total. The van der Waals surface area contributed by atoms with E-state index in [0.717, 1.165) is 62.9 Å². The molecule has 1 aliphatic carbocycles. The Morgan fingerprint density at radius 2 is 1.44 bits per heavy atom. The van der Waals surface area contributed by atoms with Gasteiger partial charge in [0.15, 0.2) is 0 Å². The number of hydrogen-bond acceptors (Lipinski definition) is 4. The minimum atomic E-state index is -3.59. The van der Waals surface area contributed by atoms with Crippen molar-refractivity contribution in [3.63, 3.8) is 0 Å². The number of benzene rings is 1. The second kappa shape index (κ2) is 11.7. The highest BCUT2D eigenvalue weighted by atomic mass is 32.2. The zero-order chi connectivity index (χ0) is 24.0. The van der Waals surface area contributed by atoms with Crippen LogP contribution in [0.3, 0.4) is 0 Å². The number of rotatable bonds is 6. The third kappa shape index (κ3) is 6.39. The molecule has 2 fully saturated rings. The van der Waals surface area contributed by atoms with E-state index >= 15 is 0 Å². The molecule has 0 aromatic heterocycles. The van der Waals surface area contributed by atoms with Gasteiger partial charge in [-0.1, -0.05) is 44.9 Å². The fourth-order valence-corrected chi connectivity index (χ4v) is 6.85. The molecular weight excluding hydrogens is 450 g/mol. The first-order valence-corrected chi connectivity index (χ1v) is 14.7. The third-order valence-electron chi connectivity index (χ3n) is 7.50. The van der Waals surface area contributed by atoms with Crippen molar-refractivity contribution in [2.75, 3.05) is 24.5 Å². The van der Waals surface area contributed by atoms with E-state index in [0.29, 0.717) is 13.0 Å². The Morgan fingerprint density at radius 3 is 2.15 bits per heavy atom. The molecule has 0 radical (unpaired) electrons. The van der Waals surface area contributed by atoms with Crippen LogP contribution in [0, 0.1) is 0 Å². The van der Waals surface area contributed by atoms with Gasteiger partial charge in [-0.2, -0.15) is 0 Å². The number of sulfonamides is 1. The maximum absolute atomic E-state index is 13.0. The van der Waals surface area contributed by atoms with Gasteiger partial charge in [-0.3, -0.25) is 9.59 Å². The van der Waals surface area contributed by atoms with Crippen LogP contribution in [0.15, 0.2) is 23.1 Å². The Hall–Kier alpha value is -1.93. The predicted octanol–water partition coefficient (Wildman–Crippen LogP) is 4.15. The summed E-state index contributed by atoms with van der Waals surface area (Å²) in [5.74, 6) is 0.00146. The van der Waals surface area contributed by atoms with Crippen LogP contribution >= 0.6 is 0 Å². The molecule has 8 heteroatoms. The minimum absolute atomic E-state index is 0.00151. The van der Waals surface area contributed by atoms with Crippen LogP contribution in [0.4, 0.5) is 5.69 Å². The first kappa shape index (κ1) is 25.2. The van der Waals surface area contributed by atoms with E-state index in [1.807, 2.05) is 4.90 Å². The van der Waals surface area contributed by atoms with Crippen molar-refractivity contribution < 1.29 is 18.0 Å². The fraction of sp³-hybridized carbons (Fsp3) is 0.692. The summed E-state index contributed by atoms with van der Waals surface area (Å²) in [6, 6.07) is 5.08. The maximum Gasteiger partial charge on any atom is 0.240 e. The summed E-state index contributed by atoms with van der Waals surface area (Å²) < 4.78 is 29.0. The van der Waals surface area contributed by atoms with Crippen molar-refractivity contribution in [2.24, 2.45) is 0 Å². The van der Waals surface area contributed by atoms with E-state index in [9.17, 15) is 18.0 Å². The van der Waals surface area contributed by atoms with Crippen LogP contribution < -0.4 is 9.62 Å². The third-order valence-corrected chi connectivity index (χ3v) is 9.01. The normalized spacial score (nSPS) is 20.4. The summed E-state index contributed by atoms with van der Waals surface area (Å²) >= 11 is 0. The van der Waals surface area contributed by atoms with E-state index in [1.54, 1.807) is 23.1 Å². The summed E-state index contributed by atoms with van der Waals surface area (Å²) in [5.41, 5.74) is 1.66. The summed E-state index contributed by atoms with van der Waals surface area (Å²) in [5, 5.41) is 0. The molecule has 1 N–H and O–H groups in total. The van der Waals surface area contributed by atoms with Gasteiger partial charge >= 0.3 is 0 Å². The number of anilines is 1. The average Bonchev–Trinajstić information content (AvgIpc) is 3.03. The van der Waals surface area contributed by atoms with Gasteiger partial charge in [-0.15, -0.1) is 0 Å². The van der Waals surface area contributed by atoms with Crippen molar-refractivity contribution in [3.8, 4) is 0 Å². The van der Waals surface area contributed by atoms with Crippen LogP contribution in [0.2, 0.25) is 0 Å². The quantitative estimate of drug-likeness (QED) is 0.650. The molecule has 188 valence electrons. The van der Waals surface area contributed by atoms with Gasteiger partial charge in [0, 0.05) is 44.2 Å². The molecule has 1 aromatic carbocycles. The number of nitrogens with one attached hydrogen (secondary N) is 1. The molecule has 1 saturated carbocycles. The molecule has 34 heavy (non-hydrogen) atoms. The molecule has 1 aromatic rings. The molecule has 0 spiro atoms. The van der Waals surface area contributed by atoms with Gasteiger partial charge < -0.3 is 9.80 Å². The first-order chi connectivity index (χ1) is 16.4. The summed E-state index contributed by atoms with van der Waals surface area (Å²) in [7, 11) is -3.59. The molecule has 0 bridgehead atoms. The van der Waals surface area contributed by atoms with Gasteiger partial charge in [0.25, 0.3) is 0 Å². The zero-order valence-electron chi connectivity index (χ0n) is 20.3. The lowest BCUT2D eigenvalue weighted by molar-refractivity contribution is -0.133. The van der Waals surface area contributed by atoms with Crippen molar-refractivity contribution in [3.05, 3.63) is 23.8 Å². The molecular formula is C26H39N3O4S. The monoisotopic (exact) mass is 489 g/mol. The highest BCUT2D eigenvalue weighted by Gasteiger charge is 2.28. The van der Waals surface area contributed by atoms with Gasteiger partial charge in [-0.05, 0) is 55.9 Å². The van der Waals surface area contributed by atoms with E-state index in [1.165, 1.54) is 32.1 Å². The largest absolute Gasteiger partial charge is 0.343 e. The second-order valence-electron chi connectivity index (χ2n) is 10.0. The van der Waals surface area contributed by atoms with E-state index in [4.69, 9.17) is 0 Å². The number of hydrogen-bond donors (Lipinski definition) is 1. The minimum Gasteiger partial charge on any atom is -0.343 e. The molecule has 0 atom stereocenters. The van der Waals surface area contributed by atoms with Crippen molar-refractivity contribution >= 4 is 27.5 Å².